The number of benzene rings is 1. The highest BCUT2D eigenvalue weighted by Crippen LogP contribution is 2.41. The fourth-order valence-electron chi connectivity index (χ4n) is 3.21. The van der Waals surface area contributed by atoms with Crippen molar-refractivity contribution in [3.05, 3.63) is 47.8 Å². The standard InChI is InChI=1S/C18H20N2O/c1-20-7-6-14-8-13(4-5-17(14)20)15-9-16(11-19-10-15)18(21)12-2-3-12/h4-5,8-12,18,21H,2-3,6-7H2,1H3/t18-/m0/s1. The van der Waals surface area contributed by atoms with Gasteiger partial charge in [-0.25, -0.2) is 0 Å². The van der Waals surface area contributed by atoms with Gasteiger partial charge >= 0.3 is 0 Å². The Bertz CT molecular complexity index is 679. The van der Waals surface area contributed by atoms with Crippen LogP contribution in [0.5, 0.6) is 0 Å². The van der Waals surface area contributed by atoms with E-state index in [1.54, 1.807) is 6.20 Å². The summed E-state index contributed by atoms with van der Waals surface area (Å²) in [4.78, 5) is 6.63. The number of rotatable bonds is 3. The molecule has 0 unspecified atom stereocenters. The molecule has 1 atom stereocenters. The molecule has 4 rings (SSSR count). The Kier molecular flexibility index (Phi) is 2.96. The summed E-state index contributed by atoms with van der Waals surface area (Å²) in [6.45, 7) is 1.09. The van der Waals surface area contributed by atoms with Crippen molar-refractivity contribution in [2.75, 3.05) is 18.5 Å². The summed E-state index contributed by atoms with van der Waals surface area (Å²) in [5.74, 6) is 0.440. The number of aliphatic hydroxyl groups is 1. The fraction of sp³-hybridized carbons (Fsp3) is 0.389. The molecule has 3 heteroatoms. The van der Waals surface area contributed by atoms with Crippen LogP contribution < -0.4 is 4.90 Å². The van der Waals surface area contributed by atoms with Gasteiger partial charge in [0.15, 0.2) is 0 Å². The van der Waals surface area contributed by atoms with Crippen LogP contribution in [-0.2, 0) is 6.42 Å². The zero-order valence-corrected chi connectivity index (χ0v) is 12.3. The van der Waals surface area contributed by atoms with Crippen molar-refractivity contribution in [2.45, 2.75) is 25.4 Å². The lowest BCUT2D eigenvalue weighted by Gasteiger charge is -2.13. The lowest BCUT2D eigenvalue weighted by atomic mass is 9.99. The van der Waals surface area contributed by atoms with Gasteiger partial charge in [0, 0.05) is 37.2 Å². The molecule has 0 spiro atoms. The first kappa shape index (κ1) is 12.8. The summed E-state index contributed by atoms with van der Waals surface area (Å²) >= 11 is 0. The molecule has 1 aliphatic carbocycles. The van der Waals surface area contributed by atoms with Gasteiger partial charge in [0.25, 0.3) is 0 Å². The summed E-state index contributed by atoms with van der Waals surface area (Å²) in [6.07, 6.45) is 6.72. The van der Waals surface area contributed by atoms with Crippen LogP contribution in [0.15, 0.2) is 36.7 Å². The summed E-state index contributed by atoms with van der Waals surface area (Å²) in [7, 11) is 2.14. The Morgan fingerprint density at radius 3 is 2.86 bits per heavy atom. The molecule has 2 aromatic rings. The van der Waals surface area contributed by atoms with Crippen molar-refractivity contribution >= 4 is 5.69 Å². The molecule has 2 aliphatic rings. The Balaban J connectivity index is 1.68. The molecule has 0 bridgehead atoms. The SMILES string of the molecule is CN1CCc2cc(-c3cncc([C@@H](O)C4CC4)c3)ccc21. The zero-order valence-electron chi connectivity index (χ0n) is 12.3. The van der Waals surface area contributed by atoms with Crippen molar-refractivity contribution in [1.82, 2.24) is 4.98 Å². The molecule has 3 nitrogen and oxygen atoms in total. The Hall–Kier alpha value is -1.87. The van der Waals surface area contributed by atoms with E-state index in [-0.39, 0.29) is 6.10 Å². The van der Waals surface area contributed by atoms with E-state index in [1.165, 1.54) is 16.8 Å². The number of anilines is 1. The molecule has 0 amide bonds. The summed E-state index contributed by atoms with van der Waals surface area (Å²) in [6, 6.07) is 8.71. The summed E-state index contributed by atoms with van der Waals surface area (Å²) in [5.41, 5.74) is 5.99. The number of hydrogen-bond acceptors (Lipinski definition) is 3. The van der Waals surface area contributed by atoms with Crippen LogP contribution in [-0.4, -0.2) is 23.7 Å². The minimum atomic E-state index is -0.349. The predicted octanol–water partition coefficient (Wildman–Crippen LogP) is 3.18. The highest BCUT2D eigenvalue weighted by atomic mass is 16.3. The van der Waals surface area contributed by atoms with Gasteiger partial charge in [0.05, 0.1) is 6.10 Å². The topological polar surface area (TPSA) is 36.4 Å². The van der Waals surface area contributed by atoms with Crippen LogP contribution >= 0.6 is 0 Å². The molecule has 108 valence electrons. The average molecular weight is 280 g/mol. The quantitative estimate of drug-likeness (QED) is 0.938. The average Bonchev–Trinajstić information content (AvgIpc) is 3.31. The number of fused-ring (bicyclic) bond motifs is 1. The number of hydrogen-bond donors (Lipinski definition) is 1. The van der Waals surface area contributed by atoms with Gasteiger partial charge in [0.1, 0.15) is 0 Å². The number of pyridine rings is 1. The second kappa shape index (κ2) is 4.85. The monoisotopic (exact) mass is 280 g/mol. The van der Waals surface area contributed by atoms with Gasteiger partial charge in [-0.15, -0.1) is 0 Å². The van der Waals surface area contributed by atoms with Crippen LogP contribution in [0, 0.1) is 5.92 Å². The second-order valence-corrected chi connectivity index (χ2v) is 6.30. The highest BCUT2D eigenvalue weighted by molar-refractivity contribution is 5.70. The molecule has 0 saturated heterocycles. The van der Waals surface area contributed by atoms with Crippen LogP contribution in [0.3, 0.4) is 0 Å². The minimum absolute atomic E-state index is 0.349. The first-order valence-electron chi connectivity index (χ1n) is 7.70. The van der Waals surface area contributed by atoms with Gasteiger partial charge in [-0.3, -0.25) is 4.98 Å². The van der Waals surface area contributed by atoms with Gasteiger partial charge in [0.2, 0.25) is 0 Å². The molecule has 1 aromatic carbocycles. The largest absolute Gasteiger partial charge is 0.388 e. The zero-order chi connectivity index (χ0) is 14.4. The van der Waals surface area contributed by atoms with E-state index in [9.17, 15) is 5.11 Å². The minimum Gasteiger partial charge on any atom is -0.388 e. The Labute approximate surface area is 125 Å². The molecule has 21 heavy (non-hydrogen) atoms. The fourth-order valence-corrected chi connectivity index (χ4v) is 3.21. The maximum atomic E-state index is 10.3. The number of aromatic nitrogens is 1. The second-order valence-electron chi connectivity index (χ2n) is 6.30. The number of nitrogens with zero attached hydrogens (tertiary/aromatic N) is 2. The normalized spacial score (nSPS) is 18.7. The Morgan fingerprint density at radius 2 is 2.05 bits per heavy atom. The maximum Gasteiger partial charge on any atom is 0.0833 e. The van der Waals surface area contributed by atoms with Gasteiger partial charge < -0.3 is 10.0 Å². The lowest BCUT2D eigenvalue weighted by Crippen LogP contribution is -2.12. The van der Waals surface area contributed by atoms with Gasteiger partial charge in [-0.1, -0.05) is 6.07 Å². The van der Waals surface area contributed by atoms with Crippen molar-refractivity contribution < 1.29 is 5.11 Å². The van der Waals surface area contributed by atoms with Crippen molar-refractivity contribution in [3.63, 3.8) is 0 Å². The van der Waals surface area contributed by atoms with Crippen molar-refractivity contribution in [2.24, 2.45) is 5.92 Å². The summed E-state index contributed by atoms with van der Waals surface area (Å²) in [5, 5.41) is 10.3. The number of aliphatic hydroxyl groups excluding tert-OH is 1. The van der Waals surface area contributed by atoms with Crippen molar-refractivity contribution in [3.8, 4) is 11.1 Å². The van der Waals surface area contributed by atoms with Crippen molar-refractivity contribution in [1.29, 1.82) is 0 Å². The van der Waals surface area contributed by atoms with Crippen LogP contribution in [0.2, 0.25) is 0 Å². The van der Waals surface area contributed by atoms with E-state index in [4.69, 9.17) is 0 Å². The third-order valence-electron chi connectivity index (χ3n) is 4.71. The molecular weight excluding hydrogens is 260 g/mol. The van der Waals surface area contributed by atoms with E-state index in [0.29, 0.717) is 5.92 Å². The van der Waals surface area contributed by atoms with E-state index in [2.05, 4.69) is 41.2 Å². The van der Waals surface area contributed by atoms with E-state index in [0.717, 1.165) is 36.9 Å². The molecule has 1 aromatic heterocycles. The Morgan fingerprint density at radius 1 is 1.19 bits per heavy atom. The smallest absolute Gasteiger partial charge is 0.0833 e. The molecule has 2 heterocycles. The van der Waals surface area contributed by atoms with Crippen LogP contribution in [0.4, 0.5) is 5.69 Å². The van der Waals surface area contributed by atoms with E-state index >= 15 is 0 Å². The predicted molar refractivity (Wildman–Crippen MR) is 84.3 cm³/mol. The van der Waals surface area contributed by atoms with Crippen LogP contribution in [0.25, 0.3) is 11.1 Å². The highest BCUT2D eigenvalue weighted by Gasteiger charge is 2.31. The lowest BCUT2D eigenvalue weighted by molar-refractivity contribution is 0.153. The third kappa shape index (κ3) is 2.32. The summed E-state index contributed by atoms with van der Waals surface area (Å²) < 4.78 is 0. The molecular formula is C18H20N2O. The van der Waals surface area contributed by atoms with Crippen LogP contribution in [0.1, 0.15) is 30.1 Å². The maximum absolute atomic E-state index is 10.3. The molecule has 0 radical (unpaired) electrons. The van der Waals surface area contributed by atoms with E-state index in [1.807, 2.05) is 6.20 Å². The third-order valence-corrected chi connectivity index (χ3v) is 4.71. The molecule has 1 aliphatic heterocycles. The first-order chi connectivity index (χ1) is 10.2. The van der Waals surface area contributed by atoms with E-state index < -0.39 is 0 Å². The molecule has 1 N–H and O–H groups in total. The molecule has 1 saturated carbocycles. The molecule has 1 fully saturated rings. The number of likely N-dealkylation sites (N-methyl/N-ethyl adjacent to an activating group) is 1. The van der Waals surface area contributed by atoms with Gasteiger partial charge in [-0.2, -0.15) is 0 Å². The van der Waals surface area contributed by atoms with Gasteiger partial charge in [-0.05, 0) is 60.1 Å². The first-order valence-corrected chi connectivity index (χ1v) is 7.70.